The third-order valence-electron chi connectivity index (χ3n) is 4.41. The van der Waals surface area contributed by atoms with Gasteiger partial charge in [-0.1, -0.05) is 6.92 Å². The van der Waals surface area contributed by atoms with E-state index in [1.807, 2.05) is 29.4 Å². The molecule has 0 aromatic carbocycles. The fourth-order valence-corrected chi connectivity index (χ4v) is 2.74. The molecule has 1 saturated heterocycles. The molecular formula is C17H28N4O. The Kier molecular flexibility index (Phi) is 6.80. The lowest BCUT2D eigenvalue weighted by atomic mass is 10.2. The number of nitrogens with zero attached hydrogens (tertiary/aromatic N) is 4. The molecule has 1 aliphatic rings. The lowest BCUT2D eigenvalue weighted by Crippen LogP contribution is -2.48. The number of likely N-dealkylation sites (N-methyl/N-ethyl adjacent to an activating group) is 2. The third kappa shape index (κ3) is 5.39. The molecule has 0 radical (unpaired) electrons. The molecule has 2 heterocycles. The Bertz CT molecular complexity index is 443. The van der Waals surface area contributed by atoms with Crippen LogP contribution in [0.4, 0.5) is 0 Å². The largest absolute Gasteiger partial charge is 0.340 e. The van der Waals surface area contributed by atoms with Gasteiger partial charge in [0.05, 0.1) is 0 Å². The highest BCUT2D eigenvalue weighted by atomic mass is 16.2. The van der Waals surface area contributed by atoms with Crippen molar-refractivity contribution in [1.82, 2.24) is 19.7 Å². The summed E-state index contributed by atoms with van der Waals surface area (Å²) in [4.78, 5) is 22.9. The van der Waals surface area contributed by atoms with Gasteiger partial charge in [0.1, 0.15) is 0 Å². The molecule has 122 valence electrons. The molecule has 0 aliphatic carbocycles. The normalized spacial score (nSPS) is 16.2. The first-order chi connectivity index (χ1) is 10.7. The number of hydrogen-bond acceptors (Lipinski definition) is 4. The Morgan fingerprint density at radius 3 is 2.50 bits per heavy atom. The van der Waals surface area contributed by atoms with Crippen LogP contribution in [0.2, 0.25) is 0 Å². The fraction of sp³-hybridized carbons (Fsp3) is 0.647. The van der Waals surface area contributed by atoms with Crippen LogP contribution in [0.15, 0.2) is 24.5 Å². The van der Waals surface area contributed by atoms with Crippen molar-refractivity contribution in [3.63, 3.8) is 0 Å². The zero-order valence-corrected chi connectivity index (χ0v) is 13.9. The molecule has 5 nitrogen and oxygen atoms in total. The van der Waals surface area contributed by atoms with E-state index in [1.165, 1.54) is 5.56 Å². The van der Waals surface area contributed by atoms with Crippen LogP contribution in [0.3, 0.4) is 0 Å². The van der Waals surface area contributed by atoms with Crippen molar-refractivity contribution >= 4 is 5.91 Å². The first-order valence-electron chi connectivity index (χ1n) is 8.26. The lowest BCUT2D eigenvalue weighted by molar-refractivity contribution is -0.133. The van der Waals surface area contributed by atoms with Gasteiger partial charge in [0.25, 0.3) is 0 Å². The SMILES string of the molecule is CCN1CCN(C(=O)CCN(C)CCc2ccncc2)CC1. The summed E-state index contributed by atoms with van der Waals surface area (Å²) < 4.78 is 0. The van der Waals surface area contributed by atoms with E-state index in [-0.39, 0.29) is 0 Å². The van der Waals surface area contributed by atoms with E-state index in [2.05, 4.69) is 28.8 Å². The van der Waals surface area contributed by atoms with Gasteiger partial charge >= 0.3 is 0 Å². The summed E-state index contributed by atoms with van der Waals surface area (Å²) in [6, 6.07) is 4.10. The number of hydrogen-bond donors (Lipinski definition) is 0. The molecule has 1 fully saturated rings. The minimum Gasteiger partial charge on any atom is -0.340 e. The zero-order chi connectivity index (χ0) is 15.8. The second-order valence-electron chi connectivity index (χ2n) is 5.97. The molecule has 22 heavy (non-hydrogen) atoms. The van der Waals surface area contributed by atoms with Crippen LogP contribution in [0.1, 0.15) is 18.9 Å². The number of carbonyl (C=O) groups excluding carboxylic acids is 1. The van der Waals surface area contributed by atoms with Crippen LogP contribution in [-0.2, 0) is 11.2 Å². The van der Waals surface area contributed by atoms with E-state index in [0.717, 1.165) is 52.2 Å². The highest BCUT2D eigenvalue weighted by molar-refractivity contribution is 5.76. The first-order valence-corrected chi connectivity index (χ1v) is 8.26. The number of carbonyl (C=O) groups is 1. The molecule has 2 rings (SSSR count). The maximum atomic E-state index is 12.2. The van der Waals surface area contributed by atoms with Crippen LogP contribution >= 0.6 is 0 Å². The summed E-state index contributed by atoms with van der Waals surface area (Å²) in [6.07, 6.45) is 5.28. The Labute approximate surface area is 133 Å². The molecule has 1 amide bonds. The van der Waals surface area contributed by atoms with Crippen molar-refractivity contribution in [3.05, 3.63) is 30.1 Å². The van der Waals surface area contributed by atoms with Crippen LogP contribution in [0.25, 0.3) is 0 Å². The van der Waals surface area contributed by atoms with Crippen LogP contribution < -0.4 is 0 Å². The molecule has 0 saturated carbocycles. The maximum Gasteiger partial charge on any atom is 0.223 e. The van der Waals surface area contributed by atoms with E-state index in [0.29, 0.717) is 12.3 Å². The molecule has 0 N–H and O–H groups in total. The Balaban J connectivity index is 1.63. The van der Waals surface area contributed by atoms with Crippen molar-refractivity contribution in [1.29, 1.82) is 0 Å². The molecule has 5 heteroatoms. The van der Waals surface area contributed by atoms with E-state index >= 15 is 0 Å². The Morgan fingerprint density at radius 1 is 1.18 bits per heavy atom. The average molecular weight is 304 g/mol. The van der Waals surface area contributed by atoms with Crippen molar-refractivity contribution < 1.29 is 4.79 Å². The Morgan fingerprint density at radius 2 is 1.86 bits per heavy atom. The summed E-state index contributed by atoms with van der Waals surface area (Å²) in [5, 5.41) is 0. The predicted octanol–water partition coefficient (Wildman–Crippen LogP) is 1.11. The minimum absolute atomic E-state index is 0.298. The maximum absolute atomic E-state index is 12.2. The monoisotopic (exact) mass is 304 g/mol. The summed E-state index contributed by atoms with van der Waals surface area (Å²) in [5.74, 6) is 0.298. The highest BCUT2D eigenvalue weighted by Gasteiger charge is 2.19. The van der Waals surface area contributed by atoms with Crippen molar-refractivity contribution in [3.8, 4) is 0 Å². The van der Waals surface area contributed by atoms with E-state index in [1.54, 1.807) is 0 Å². The molecular weight excluding hydrogens is 276 g/mol. The van der Waals surface area contributed by atoms with Crippen LogP contribution in [0, 0.1) is 0 Å². The molecule has 0 atom stereocenters. The quantitative estimate of drug-likeness (QED) is 0.756. The van der Waals surface area contributed by atoms with Gasteiger partial charge < -0.3 is 14.7 Å². The van der Waals surface area contributed by atoms with Gasteiger partial charge in [-0.25, -0.2) is 0 Å². The zero-order valence-electron chi connectivity index (χ0n) is 13.9. The van der Waals surface area contributed by atoms with Gasteiger partial charge in [0, 0.05) is 58.1 Å². The van der Waals surface area contributed by atoms with E-state index in [4.69, 9.17) is 0 Å². The number of piperazine rings is 1. The van der Waals surface area contributed by atoms with E-state index < -0.39 is 0 Å². The average Bonchev–Trinajstić information content (AvgIpc) is 2.58. The fourth-order valence-electron chi connectivity index (χ4n) is 2.74. The van der Waals surface area contributed by atoms with Gasteiger partial charge in [0.15, 0.2) is 0 Å². The smallest absolute Gasteiger partial charge is 0.223 e. The van der Waals surface area contributed by atoms with Crippen molar-refractivity contribution in [2.75, 3.05) is 52.9 Å². The number of rotatable bonds is 7. The summed E-state index contributed by atoms with van der Waals surface area (Å²) in [7, 11) is 2.09. The highest BCUT2D eigenvalue weighted by Crippen LogP contribution is 2.05. The Hall–Kier alpha value is -1.46. The third-order valence-corrected chi connectivity index (χ3v) is 4.41. The van der Waals surface area contributed by atoms with Gasteiger partial charge in [-0.15, -0.1) is 0 Å². The number of amides is 1. The van der Waals surface area contributed by atoms with Gasteiger partial charge in [-0.2, -0.15) is 0 Å². The standard InChI is InChI=1S/C17H28N4O/c1-3-20-12-14-21(15-13-20)17(22)7-11-19(2)10-6-16-4-8-18-9-5-16/h4-5,8-9H,3,6-7,10-15H2,1-2H3. The molecule has 1 aliphatic heterocycles. The van der Waals surface area contributed by atoms with Crippen LogP contribution in [0.5, 0.6) is 0 Å². The topological polar surface area (TPSA) is 39.7 Å². The molecule has 1 aromatic heterocycles. The molecule has 0 spiro atoms. The van der Waals surface area contributed by atoms with Crippen LogP contribution in [-0.4, -0.2) is 78.5 Å². The van der Waals surface area contributed by atoms with Crippen molar-refractivity contribution in [2.45, 2.75) is 19.8 Å². The second-order valence-corrected chi connectivity index (χ2v) is 5.97. The number of aromatic nitrogens is 1. The lowest BCUT2D eigenvalue weighted by Gasteiger charge is -2.34. The minimum atomic E-state index is 0.298. The van der Waals surface area contributed by atoms with Crippen molar-refractivity contribution in [2.24, 2.45) is 0 Å². The predicted molar refractivity (Wildman–Crippen MR) is 88.7 cm³/mol. The van der Waals surface area contributed by atoms with Gasteiger partial charge in [0.2, 0.25) is 5.91 Å². The summed E-state index contributed by atoms with van der Waals surface area (Å²) in [6.45, 7) is 8.86. The number of pyridine rings is 1. The van der Waals surface area contributed by atoms with E-state index in [9.17, 15) is 4.79 Å². The molecule has 0 unspecified atom stereocenters. The molecule has 0 bridgehead atoms. The molecule has 1 aromatic rings. The first kappa shape index (κ1) is 16.9. The summed E-state index contributed by atoms with van der Waals surface area (Å²) >= 11 is 0. The second kappa shape index (κ2) is 8.86. The summed E-state index contributed by atoms with van der Waals surface area (Å²) in [5.41, 5.74) is 1.30. The van der Waals surface area contributed by atoms with Gasteiger partial charge in [-0.3, -0.25) is 9.78 Å². The van der Waals surface area contributed by atoms with Gasteiger partial charge in [-0.05, 0) is 37.7 Å².